The predicted molar refractivity (Wildman–Crippen MR) is 77.8 cm³/mol. The van der Waals surface area contributed by atoms with Gasteiger partial charge in [0.1, 0.15) is 0 Å². The molecule has 0 aromatic rings. The number of carbonyl (C=O) groups is 1. The highest BCUT2D eigenvalue weighted by Gasteiger charge is 2.35. The van der Waals surface area contributed by atoms with Crippen LogP contribution in [0.25, 0.3) is 0 Å². The summed E-state index contributed by atoms with van der Waals surface area (Å²) in [5.41, 5.74) is 5.46. The highest BCUT2D eigenvalue weighted by atomic mass is 16.5. The minimum Gasteiger partial charge on any atom is -0.469 e. The topological polar surface area (TPSA) is 55.6 Å². The summed E-state index contributed by atoms with van der Waals surface area (Å²) < 4.78 is 4.91. The van der Waals surface area contributed by atoms with Crippen molar-refractivity contribution < 1.29 is 9.53 Å². The van der Waals surface area contributed by atoms with E-state index in [1.165, 1.54) is 32.8 Å². The van der Waals surface area contributed by atoms with Gasteiger partial charge in [0.05, 0.1) is 12.5 Å². The molecule has 0 spiro atoms. The van der Waals surface area contributed by atoms with Gasteiger partial charge in [0.2, 0.25) is 0 Å². The van der Waals surface area contributed by atoms with Crippen molar-refractivity contribution in [3.8, 4) is 0 Å². The summed E-state index contributed by atoms with van der Waals surface area (Å²) in [6.45, 7) is 8.54. The lowest BCUT2D eigenvalue weighted by Gasteiger charge is -2.42. The molecule has 4 nitrogen and oxygen atoms in total. The van der Waals surface area contributed by atoms with E-state index in [4.69, 9.17) is 10.5 Å². The summed E-state index contributed by atoms with van der Waals surface area (Å²) in [5.74, 6) is 0.438. The number of carbonyl (C=O) groups excluding carboxylic acids is 1. The highest BCUT2D eigenvalue weighted by molar-refractivity contribution is 5.76. The highest BCUT2D eigenvalue weighted by Crippen LogP contribution is 2.30. The fraction of sp³-hybridized carbons (Fsp3) is 0.933. The van der Waals surface area contributed by atoms with Crippen molar-refractivity contribution in [3.05, 3.63) is 0 Å². The van der Waals surface area contributed by atoms with Gasteiger partial charge in [-0.2, -0.15) is 0 Å². The van der Waals surface area contributed by atoms with E-state index in [1.54, 1.807) is 0 Å². The summed E-state index contributed by atoms with van der Waals surface area (Å²) in [5, 5.41) is 0. The van der Waals surface area contributed by atoms with E-state index in [0.717, 1.165) is 19.6 Å². The molecule has 2 unspecified atom stereocenters. The molecule has 0 bridgehead atoms. The molecule has 0 radical (unpaired) electrons. The fourth-order valence-corrected chi connectivity index (χ4v) is 3.26. The minimum absolute atomic E-state index is 0.133. The van der Waals surface area contributed by atoms with Crippen LogP contribution in [0, 0.1) is 11.3 Å². The number of ether oxygens (including phenoxy) is 1. The van der Waals surface area contributed by atoms with E-state index < -0.39 is 5.41 Å². The standard InChI is InChI=1S/C15H30N2O2/c1-5-17(11-15(2,3)14(18)19-4)13-9-7-6-8-12(13)10-16/h12-13H,5-11,16H2,1-4H3. The maximum absolute atomic E-state index is 11.8. The van der Waals surface area contributed by atoms with Gasteiger partial charge in [-0.1, -0.05) is 19.8 Å². The van der Waals surface area contributed by atoms with Crippen LogP contribution in [0.2, 0.25) is 0 Å². The first-order valence-electron chi connectivity index (χ1n) is 7.48. The molecule has 112 valence electrons. The number of hydrogen-bond donors (Lipinski definition) is 1. The monoisotopic (exact) mass is 270 g/mol. The van der Waals surface area contributed by atoms with Crippen molar-refractivity contribution >= 4 is 5.97 Å². The number of nitrogens with zero attached hydrogens (tertiary/aromatic N) is 1. The Balaban J connectivity index is 2.73. The molecule has 2 N–H and O–H groups in total. The van der Waals surface area contributed by atoms with E-state index in [9.17, 15) is 4.79 Å². The number of methoxy groups -OCH3 is 1. The van der Waals surface area contributed by atoms with Crippen molar-refractivity contribution in [3.63, 3.8) is 0 Å². The Morgan fingerprint density at radius 3 is 2.53 bits per heavy atom. The first-order valence-corrected chi connectivity index (χ1v) is 7.48. The van der Waals surface area contributed by atoms with Gasteiger partial charge >= 0.3 is 5.97 Å². The summed E-state index contributed by atoms with van der Waals surface area (Å²) in [6, 6.07) is 0.521. The third kappa shape index (κ3) is 4.18. The van der Waals surface area contributed by atoms with Crippen LogP contribution in [0.1, 0.15) is 46.5 Å². The number of hydrogen-bond acceptors (Lipinski definition) is 4. The minimum atomic E-state index is -0.457. The zero-order valence-corrected chi connectivity index (χ0v) is 12.9. The van der Waals surface area contributed by atoms with Crippen molar-refractivity contribution in [2.75, 3.05) is 26.7 Å². The SMILES string of the molecule is CCN(CC(C)(C)C(=O)OC)C1CCCCC1CN. The zero-order chi connectivity index (χ0) is 14.5. The van der Waals surface area contributed by atoms with Gasteiger partial charge in [0.15, 0.2) is 0 Å². The van der Waals surface area contributed by atoms with Crippen LogP contribution >= 0.6 is 0 Å². The third-order valence-electron chi connectivity index (χ3n) is 4.38. The Labute approximate surface area is 117 Å². The van der Waals surface area contributed by atoms with E-state index in [1.807, 2.05) is 13.8 Å². The molecule has 1 saturated carbocycles. The van der Waals surface area contributed by atoms with Crippen LogP contribution in [-0.4, -0.2) is 43.7 Å². The average Bonchev–Trinajstić information content (AvgIpc) is 2.43. The van der Waals surface area contributed by atoms with E-state index >= 15 is 0 Å². The van der Waals surface area contributed by atoms with Crippen LogP contribution in [-0.2, 0) is 9.53 Å². The normalized spacial score (nSPS) is 24.5. The number of rotatable bonds is 6. The molecule has 19 heavy (non-hydrogen) atoms. The third-order valence-corrected chi connectivity index (χ3v) is 4.38. The zero-order valence-electron chi connectivity index (χ0n) is 12.9. The lowest BCUT2D eigenvalue weighted by Crippen LogP contribution is -2.50. The predicted octanol–water partition coefficient (Wildman–Crippen LogP) is 2.02. The summed E-state index contributed by atoms with van der Waals surface area (Å²) in [6.07, 6.45) is 4.98. The molecule has 2 atom stereocenters. The first kappa shape index (κ1) is 16.4. The maximum Gasteiger partial charge on any atom is 0.312 e. The molecule has 1 fully saturated rings. The number of esters is 1. The van der Waals surface area contributed by atoms with Gasteiger partial charge in [-0.15, -0.1) is 0 Å². The molecule has 0 aliphatic heterocycles. The van der Waals surface area contributed by atoms with Crippen LogP contribution in [0.3, 0.4) is 0 Å². The lowest BCUT2D eigenvalue weighted by molar-refractivity contribution is -0.152. The first-order chi connectivity index (χ1) is 8.96. The molecule has 0 aromatic carbocycles. The van der Waals surface area contributed by atoms with Crippen molar-refractivity contribution in [2.24, 2.45) is 17.1 Å². The lowest BCUT2D eigenvalue weighted by atomic mass is 9.82. The van der Waals surface area contributed by atoms with Gasteiger partial charge < -0.3 is 10.5 Å². The van der Waals surface area contributed by atoms with Crippen LogP contribution < -0.4 is 5.73 Å². The number of nitrogens with two attached hydrogens (primary N) is 1. The Kier molecular flexibility index (Phi) is 6.27. The van der Waals surface area contributed by atoms with Crippen LogP contribution in [0.4, 0.5) is 0 Å². The fourth-order valence-electron chi connectivity index (χ4n) is 3.26. The molecule has 1 aliphatic rings. The molecule has 0 heterocycles. The Morgan fingerprint density at radius 1 is 1.37 bits per heavy atom. The second-order valence-electron chi connectivity index (χ2n) is 6.29. The van der Waals surface area contributed by atoms with Gasteiger partial charge in [0, 0.05) is 12.6 Å². The molecule has 0 aromatic heterocycles. The Morgan fingerprint density at radius 2 is 2.00 bits per heavy atom. The second kappa shape index (κ2) is 7.25. The molecule has 1 rings (SSSR count). The molecule has 0 amide bonds. The molecule has 0 saturated heterocycles. The summed E-state index contributed by atoms with van der Waals surface area (Å²) in [4.78, 5) is 14.3. The van der Waals surface area contributed by atoms with E-state index in [-0.39, 0.29) is 5.97 Å². The average molecular weight is 270 g/mol. The van der Waals surface area contributed by atoms with Crippen molar-refractivity contribution in [2.45, 2.75) is 52.5 Å². The smallest absolute Gasteiger partial charge is 0.312 e. The van der Waals surface area contributed by atoms with Crippen molar-refractivity contribution in [1.29, 1.82) is 0 Å². The van der Waals surface area contributed by atoms with Crippen LogP contribution in [0.15, 0.2) is 0 Å². The summed E-state index contributed by atoms with van der Waals surface area (Å²) in [7, 11) is 1.46. The van der Waals surface area contributed by atoms with E-state index in [0.29, 0.717) is 12.0 Å². The van der Waals surface area contributed by atoms with Gasteiger partial charge in [-0.25, -0.2) is 0 Å². The molecule has 1 aliphatic carbocycles. The largest absolute Gasteiger partial charge is 0.469 e. The van der Waals surface area contributed by atoms with Gasteiger partial charge in [-0.05, 0) is 45.7 Å². The van der Waals surface area contributed by atoms with E-state index in [2.05, 4.69) is 11.8 Å². The molecule has 4 heteroatoms. The molecular formula is C15H30N2O2. The second-order valence-corrected chi connectivity index (χ2v) is 6.29. The van der Waals surface area contributed by atoms with Gasteiger partial charge in [-0.3, -0.25) is 9.69 Å². The quantitative estimate of drug-likeness (QED) is 0.750. The Hall–Kier alpha value is -0.610. The van der Waals surface area contributed by atoms with Crippen molar-refractivity contribution in [1.82, 2.24) is 4.90 Å². The summed E-state index contributed by atoms with van der Waals surface area (Å²) >= 11 is 0. The molecular weight excluding hydrogens is 240 g/mol. The Bertz CT molecular complexity index is 292. The maximum atomic E-state index is 11.8. The van der Waals surface area contributed by atoms with Crippen LogP contribution in [0.5, 0.6) is 0 Å². The van der Waals surface area contributed by atoms with Gasteiger partial charge in [0.25, 0.3) is 0 Å².